The monoisotopic (exact) mass is 362 g/mol. The van der Waals surface area contributed by atoms with Crippen LogP contribution in [0.5, 0.6) is 0 Å². The van der Waals surface area contributed by atoms with Crippen molar-refractivity contribution < 1.29 is 28.3 Å². The van der Waals surface area contributed by atoms with Crippen molar-refractivity contribution in [3.8, 4) is 0 Å². The molecule has 0 aliphatic rings. The Morgan fingerprint density at radius 2 is 1.96 bits per heavy atom. The number of nitrogens with zero attached hydrogens (tertiary/aromatic N) is 3. The second kappa shape index (κ2) is 6.75. The van der Waals surface area contributed by atoms with E-state index in [1.54, 1.807) is 13.8 Å². The van der Waals surface area contributed by atoms with E-state index >= 15 is 0 Å². The Labute approximate surface area is 134 Å². The highest BCUT2D eigenvalue weighted by Crippen LogP contribution is 2.48. The van der Waals surface area contributed by atoms with Crippen LogP contribution in [-0.4, -0.2) is 45.0 Å². The Hall–Kier alpha value is -1.81. The number of aliphatic carboxylic acids is 1. The van der Waals surface area contributed by atoms with E-state index in [1.165, 1.54) is 0 Å². The second-order valence-corrected chi connectivity index (χ2v) is 7.48. The Bertz CT molecular complexity index is 790. The van der Waals surface area contributed by atoms with Crippen molar-refractivity contribution in [1.29, 1.82) is 0 Å². The van der Waals surface area contributed by atoms with Crippen LogP contribution in [0.1, 0.15) is 24.3 Å². The molecular formula is C11H15N4O6PS. The molecule has 2 aromatic rings. The molecule has 0 aliphatic heterocycles. The average molecular weight is 362 g/mol. The zero-order chi connectivity index (χ0) is 17.2. The van der Waals surface area contributed by atoms with Crippen molar-refractivity contribution in [1.82, 2.24) is 14.8 Å². The number of primary amides is 1. The predicted octanol–water partition coefficient (Wildman–Crippen LogP) is 0.568. The summed E-state index contributed by atoms with van der Waals surface area (Å²) in [7, 11) is -3.65. The van der Waals surface area contributed by atoms with Gasteiger partial charge in [0.05, 0.1) is 13.2 Å². The molecule has 1 amide bonds. The molecule has 0 radical (unpaired) electrons. The number of amides is 1. The maximum atomic E-state index is 12.7. The third kappa shape index (κ3) is 3.42. The summed E-state index contributed by atoms with van der Waals surface area (Å²) in [6, 6.07) is 0. The number of thiazole rings is 1. The minimum atomic E-state index is -3.65. The van der Waals surface area contributed by atoms with Crippen LogP contribution in [-0.2, 0) is 25.0 Å². The lowest BCUT2D eigenvalue weighted by Gasteiger charge is -2.13. The Morgan fingerprint density at radius 3 is 2.43 bits per heavy atom. The Morgan fingerprint density at radius 1 is 1.35 bits per heavy atom. The molecular weight excluding hydrogens is 347 g/mol. The first-order valence-electron chi connectivity index (χ1n) is 6.61. The molecule has 0 aliphatic carbocycles. The fourth-order valence-electron chi connectivity index (χ4n) is 1.85. The summed E-state index contributed by atoms with van der Waals surface area (Å²) in [5, 5.41) is 12.7. The maximum Gasteiger partial charge on any atom is 0.389 e. The minimum absolute atomic E-state index is 0.0234. The van der Waals surface area contributed by atoms with E-state index in [0.29, 0.717) is 0 Å². The maximum absolute atomic E-state index is 12.7. The number of carbonyl (C=O) groups is 2. The number of rotatable bonds is 8. The normalized spacial score (nSPS) is 11.9. The number of nitrogens with two attached hydrogens (primary N) is 1. The molecule has 0 unspecified atom stereocenters. The summed E-state index contributed by atoms with van der Waals surface area (Å²) in [5.41, 5.74) is 5.21. The third-order valence-electron chi connectivity index (χ3n) is 2.63. The zero-order valence-corrected chi connectivity index (χ0v) is 14.1. The van der Waals surface area contributed by atoms with Gasteiger partial charge in [0.25, 0.3) is 5.91 Å². The minimum Gasteiger partial charge on any atom is -0.480 e. The van der Waals surface area contributed by atoms with E-state index in [-0.39, 0.29) is 34.0 Å². The number of carboxylic acid groups (broad SMARTS) is 1. The number of carboxylic acids is 1. The standard InChI is InChI=1S/C11H15N4O6PS/c1-3-20-22(19,21-4-2)11-13-10-8(23-11)7(9(12)18)14-15(10)5-6(16)17/h3-5H2,1-2H3,(H2,12,18)(H,16,17). The van der Waals surface area contributed by atoms with Gasteiger partial charge < -0.3 is 19.9 Å². The van der Waals surface area contributed by atoms with Crippen molar-refractivity contribution >= 4 is 45.9 Å². The first kappa shape index (κ1) is 17.5. The molecule has 0 aromatic carbocycles. The molecule has 2 rings (SSSR count). The van der Waals surface area contributed by atoms with E-state index < -0.39 is 26.0 Å². The lowest BCUT2D eigenvalue weighted by Crippen LogP contribution is -2.16. The summed E-state index contributed by atoms with van der Waals surface area (Å²) in [5.74, 6) is -2.00. The van der Waals surface area contributed by atoms with Crippen molar-refractivity contribution in [3.63, 3.8) is 0 Å². The summed E-state index contributed by atoms with van der Waals surface area (Å²) >= 11 is 0.886. The third-order valence-corrected chi connectivity index (χ3v) is 6.19. The van der Waals surface area contributed by atoms with Gasteiger partial charge in [-0.15, -0.1) is 11.3 Å². The molecule has 126 valence electrons. The molecule has 0 saturated carbocycles. The van der Waals surface area contributed by atoms with E-state index in [4.69, 9.17) is 19.9 Å². The second-order valence-electron chi connectivity index (χ2n) is 4.25. The van der Waals surface area contributed by atoms with Crippen molar-refractivity contribution in [2.24, 2.45) is 5.73 Å². The van der Waals surface area contributed by atoms with Gasteiger partial charge in [0.1, 0.15) is 11.2 Å². The molecule has 0 atom stereocenters. The van der Waals surface area contributed by atoms with Crippen LogP contribution in [0.25, 0.3) is 10.3 Å². The summed E-state index contributed by atoms with van der Waals surface area (Å²) in [6.45, 7) is 3.06. The van der Waals surface area contributed by atoms with Crippen molar-refractivity contribution in [2.45, 2.75) is 20.4 Å². The van der Waals surface area contributed by atoms with Crippen LogP contribution in [0.3, 0.4) is 0 Å². The van der Waals surface area contributed by atoms with E-state index in [0.717, 1.165) is 16.0 Å². The molecule has 0 fully saturated rings. The summed E-state index contributed by atoms with van der Waals surface area (Å²) in [6.07, 6.45) is 0. The van der Waals surface area contributed by atoms with Crippen LogP contribution < -0.4 is 10.5 Å². The number of aromatic nitrogens is 3. The van der Waals surface area contributed by atoms with E-state index in [9.17, 15) is 14.2 Å². The van der Waals surface area contributed by atoms with Crippen molar-refractivity contribution in [2.75, 3.05) is 13.2 Å². The van der Waals surface area contributed by atoms with Crippen LogP contribution in [0.2, 0.25) is 0 Å². The molecule has 2 aromatic heterocycles. The predicted molar refractivity (Wildman–Crippen MR) is 82.1 cm³/mol. The highest BCUT2D eigenvalue weighted by molar-refractivity contribution is 7.69. The quantitative estimate of drug-likeness (QED) is 0.648. The molecule has 0 spiro atoms. The lowest BCUT2D eigenvalue weighted by molar-refractivity contribution is -0.137. The highest BCUT2D eigenvalue weighted by atomic mass is 32.1. The topological polar surface area (TPSA) is 147 Å². The highest BCUT2D eigenvalue weighted by Gasteiger charge is 2.33. The summed E-state index contributed by atoms with van der Waals surface area (Å²) < 4.78 is 24.4. The first-order chi connectivity index (χ1) is 10.8. The van der Waals surface area contributed by atoms with Gasteiger partial charge >= 0.3 is 13.6 Å². The number of carbonyl (C=O) groups excluding carboxylic acids is 1. The van der Waals surface area contributed by atoms with Crippen LogP contribution in [0.15, 0.2) is 0 Å². The van der Waals surface area contributed by atoms with Gasteiger partial charge in [0.2, 0.25) is 4.75 Å². The lowest BCUT2D eigenvalue weighted by atomic mass is 10.4. The van der Waals surface area contributed by atoms with Gasteiger partial charge in [-0.25, -0.2) is 9.67 Å². The van der Waals surface area contributed by atoms with E-state index in [2.05, 4.69) is 10.1 Å². The van der Waals surface area contributed by atoms with Gasteiger partial charge in [-0.3, -0.25) is 14.2 Å². The zero-order valence-electron chi connectivity index (χ0n) is 12.4. The molecule has 2 heterocycles. The molecule has 12 heteroatoms. The SMILES string of the molecule is CCOP(=O)(OCC)c1nc2c(s1)c(C(N)=O)nn2CC(=O)O. The smallest absolute Gasteiger partial charge is 0.389 e. The Balaban J connectivity index is 2.62. The van der Waals surface area contributed by atoms with Gasteiger partial charge in [-0.05, 0) is 13.8 Å². The Kier molecular flexibility index (Phi) is 5.15. The van der Waals surface area contributed by atoms with Gasteiger partial charge in [-0.1, -0.05) is 0 Å². The average Bonchev–Trinajstić information content (AvgIpc) is 2.99. The number of hydrogen-bond acceptors (Lipinski definition) is 8. The first-order valence-corrected chi connectivity index (χ1v) is 8.97. The number of fused-ring (bicyclic) bond motifs is 1. The molecule has 3 N–H and O–H groups in total. The van der Waals surface area contributed by atoms with Gasteiger partial charge in [0, 0.05) is 0 Å². The largest absolute Gasteiger partial charge is 0.480 e. The molecule has 23 heavy (non-hydrogen) atoms. The summed E-state index contributed by atoms with van der Waals surface area (Å²) in [4.78, 5) is 26.5. The molecule has 0 saturated heterocycles. The van der Waals surface area contributed by atoms with Crippen LogP contribution >= 0.6 is 18.9 Å². The molecule has 10 nitrogen and oxygen atoms in total. The van der Waals surface area contributed by atoms with Gasteiger partial charge in [-0.2, -0.15) is 5.10 Å². The van der Waals surface area contributed by atoms with Crippen LogP contribution in [0, 0.1) is 0 Å². The van der Waals surface area contributed by atoms with E-state index in [1.807, 2.05) is 0 Å². The fraction of sp³-hybridized carbons (Fsp3) is 0.455. The van der Waals surface area contributed by atoms with Crippen molar-refractivity contribution in [3.05, 3.63) is 5.69 Å². The van der Waals surface area contributed by atoms with Gasteiger partial charge in [0.15, 0.2) is 11.3 Å². The molecule has 0 bridgehead atoms. The number of hydrogen-bond donors (Lipinski definition) is 2. The fourth-order valence-corrected chi connectivity index (χ4v) is 4.87. The van der Waals surface area contributed by atoms with Crippen LogP contribution in [0.4, 0.5) is 0 Å².